The second kappa shape index (κ2) is 3.86. The molecule has 0 saturated carbocycles. The number of piperazine rings is 1. The van der Waals surface area contributed by atoms with Gasteiger partial charge in [-0.2, -0.15) is 0 Å². The quantitative estimate of drug-likeness (QED) is 0.693. The fraction of sp³-hybridized carbons (Fsp3) is 0.636. The summed E-state index contributed by atoms with van der Waals surface area (Å²) in [5, 5.41) is 0.531. The van der Waals surface area contributed by atoms with Crippen LogP contribution in [0.15, 0.2) is 12.3 Å². The van der Waals surface area contributed by atoms with E-state index < -0.39 is 0 Å². The van der Waals surface area contributed by atoms with Gasteiger partial charge in [-0.1, -0.05) is 11.6 Å². The first kappa shape index (κ1) is 10.3. The largest absolute Gasteiger partial charge is 0.332 e. The molecule has 3 rings (SSSR count). The van der Waals surface area contributed by atoms with Crippen molar-refractivity contribution in [3.8, 4) is 0 Å². The highest BCUT2D eigenvalue weighted by atomic mass is 35.5. The topological polar surface area (TPSA) is 32.3 Å². The molecule has 0 amide bonds. The van der Waals surface area contributed by atoms with Gasteiger partial charge in [0.2, 0.25) is 5.95 Å². The Morgan fingerprint density at radius 3 is 2.62 bits per heavy atom. The van der Waals surface area contributed by atoms with Crippen LogP contribution in [-0.2, 0) is 0 Å². The smallest absolute Gasteiger partial charge is 0.227 e. The Balaban J connectivity index is 1.91. The van der Waals surface area contributed by atoms with Crippen molar-refractivity contribution in [2.24, 2.45) is 0 Å². The van der Waals surface area contributed by atoms with Crippen LogP contribution in [0.2, 0.25) is 5.15 Å². The maximum atomic E-state index is 5.92. The number of aromatic nitrogens is 2. The molecule has 1 aromatic rings. The lowest BCUT2D eigenvalue weighted by atomic mass is 10.2. The molecule has 86 valence electrons. The Labute approximate surface area is 100 Å². The molecule has 0 N–H and O–H groups in total. The highest BCUT2D eigenvalue weighted by Crippen LogP contribution is 2.32. The monoisotopic (exact) mass is 238 g/mol. The first-order chi connectivity index (χ1) is 7.74. The number of halogens is 1. The number of fused-ring (bicyclic) bond motifs is 2. The summed E-state index contributed by atoms with van der Waals surface area (Å²) < 4.78 is 0. The van der Waals surface area contributed by atoms with Crippen LogP contribution in [0.25, 0.3) is 0 Å². The zero-order valence-corrected chi connectivity index (χ0v) is 10.1. The van der Waals surface area contributed by atoms with Crippen LogP contribution in [0.1, 0.15) is 12.8 Å². The molecule has 16 heavy (non-hydrogen) atoms. The first-order valence-electron chi connectivity index (χ1n) is 5.69. The molecule has 0 unspecified atom stereocenters. The van der Waals surface area contributed by atoms with E-state index in [1.165, 1.54) is 12.8 Å². The molecule has 2 bridgehead atoms. The summed E-state index contributed by atoms with van der Waals surface area (Å²) in [4.78, 5) is 13.4. The third-order valence-corrected chi connectivity index (χ3v) is 3.72. The summed E-state index contributed by atoms with van der Waals surface area (Å²) in [5.41, 5.74) is 0. The number of rotatable bonds is 1. The maximum Gasteiger partial charge on any atom is 0.227 e. The van der Waals surface area contributed by atoms with Gasteiger partial charge < -0.3 is 9.80 Å². The fourth-order valence-corrected chi connectivity index (χ4v) is 3.02. The second-order valence-electron chi connectivity index (χ2n) is 4.69. The van der Waals surface area contributed by atoms with Crippen LogP contribution in [0.5, 0.6) is 0 Å². The highest BCUT2D eigenvalue weighted by Gasteiger charge is 2.40. The van der Waals surface area contributed by atoms with Gasteiger partial charge in [0, 0.05) is 31.4 Å². The molecule has 4 nitrogen and oxygen atoms in total. The first-order valence-corrected chi connectivity index (χ1v) is 6.07. The van der Waals surface area contributed by atoms with Crippen molar-refractivity contribution in [1.29, 1.82) is 0 Å². The standard InChI is InChI=1S/C11H15ClN4/c1-15-6-8-2-3-9(7-15)16(8)11-13-5-4-10(12)14-11/h4-5,8-9H,2-3,6-7H2,1H3/t8-,9+. The van der Waals surface area contributed by atoms with E-state index in [0.717, 1.165) is 19.0 Å². The number of hydrogen-bond donors (Lipinski definition) is 0. The van der Waals surface area contributed by atoms with Crippen LogP contribution in [-0.4, -0.2) is 47.1 Å². The molecule has 0 spiro atoms. The van der Waals surface area contributed by atoms with Gasteiger partial charge in [-0.15, -0.1) is 0 Å². The Morgan fingerprint density at radius 2 is 2.00 bits per heavy atom. The van der Waals surface area contributed by atoms with Gasteiger partial charge >= 0.3 is 0 Å². The average Bonchev–Trinajstić information content (AvgIpc) is 2.51. The predicted molar refractivity (Wildman–Crippen MR) is 63.8 cm³/mol. The number of likely N-dealkylation sites (tertiary alicyclic amines) is 1. The molecule has 0 radical (unpaired) electrons. The Hall–Kier alpha value is -0.870. The molecule has 0 aliphatic carbocycles. The van der Waals surface area contributed by atoms with Crippen LogP contribution in [0.4, 0.5) is 5.95 Å². The van der Waals surface area contributed by atoms with Gasteiger partial charge in [-0.05, 0) is 26.0 Å². The van der Waals surface area contributed by atoms with E-state index in [1.54, 1.807) is 12.3 Å². The minimum absolute atomic E-state index is 0.531. The van der Waals surface area contributed by atoms with Crippen molar-refractivity contribution in [2.75, 3.05) is 25.0 Å². The van der Waals surface area contributed by atoms with E-state index in [-0.39, 0.29) is 0 Å². The summed E-state index contributed by atoms with van der Waals surface area (Å²) in [6.45, 7) is 2.21. The van der Waals surface area contributed by atoms with E-state index in [1.807, 2.05) is 0 Å². The minimum atomic E-state index is 0.531. The minimum Gasteiger partial charge on any atom is -0.332 e. The molecule has 2 aliphatic heterocycles. The molecular weight excluding hydrogens is 224 g/mol. The zero-order chi connectivity index (χ0) is 11.1. The van der Waals surface area contributed by atoms with Crippen LogP contribution in [0, 0.1) is 0 Å². The predicted octanol–water partition coefficient (Wildman–Crippen LogP) is 1.41. The molecule has 2 atom stereocenters. The van der Waals surface area contributed by atoms with Gasteiger partial charge in [0.15, 0.2) is 0 Å². The molecule has 2 saturated heterocycles. The summed E-state index contributed by atoms with van der Waals surface area (Å²) in [5.74, 6) is 0.799. The van der Waals surface area contributed by atoms with E-state index in [9.17, 15) is 0 Å². The normalized spacial score (nSPS) is 29.8. The Bertz CT molecular complexity index is 383. The van der Waals surface area contributed by atoms with Crippen molar-refractivity contribution in [2.45, 2.75) is 24.9 Å². The molecule has 1 aromatic heterocycles. The van der Waals surface area contributed by atoms with Crippen molar-refractivity contribution in [3.63, 3.8) is 0 Å². The molecule has 2 fully saturated rings. The second-order valence-corrected chi connectivity index (χ2v) is 5.08. The van der Waals surface area contributed by atoms with E-state index >= 15 is 0 Å². The summed E-state index contributed by atoms with van der Waals surface area (Å²) in [7, 11) is 2.18. The summed E-state index contributed by atoms with van der Waals surface area (Å²) in [6.07, 6.45) is 4.22. The van der Waals surface area contributed by atoms with Gasteiger partial charge in [0.25, 0.3) is 0 Å². The van der Waals surface area contributed by atoms with E-state index in [0.29, 0.717) is 17.2 Å². The molecule has 0 aromatic carbocycles. The number of anilines is 1. The summed E-state index contributed by atoms with van der Waals surface area (Å²) >= 11 is 5.92. The van der Waals surface area contributed by atoms with Crippen LogP contribution < -0.4 is 4.90 Å². The lowest BCUT2D eigenvalue weighted by molar-refractivity contribution is 0.262. The SMILES string of the molecule is CN1C[C@H]2CC[C@@H](C1)N2c1nccc(Cl)n1. The van der Waals surface area contributed by atoms with Gasteiger partial charge in [0.05, 0.1) is 0 Å². The lowest BCUT2D eigenvalue weighted by Crippen LogP contribution is -2.53. The summed E-state index contributed by atoms with van der Waals surface area (Å²) in [6, 6.07) is 2.84. The number of likely N-dealkylation sites (N-methyl/N-ethyl adjacent to an activating group) is 1. The maximum absolute atomic E-state index is 5.92. The number of nitrogens with zero attached hydrogens (tertiary/aromatic N) is 4. The number of hydrogen-bond acceptors (Lipinski definition) is 4. The van der Waals surface area contributed by atoms with Crippen LogP contribution >= 0.6 is 11.6 Å². The van der Waals surface area contributed by atoms with E-state index in [4.69, 9.17) is 11.6 Å². The Morgan fingerprint density at radius 1 is 1.31 bits per heavy atom. The van der Waals surface area contributed by atoms with Gasteiger partial charge in [0.1, 0.15) is 5.15 Å². The lowest BCUT2D eigenvalue weighted by Gasteiger charge is -2.39. The average molecular weight is 239 g/mol. The van der Waals surface area contributed by atoms with Crippen molar-refractivity contribution in [3.05, 3.63) is 17.4 Å². The third kappa shape index (κ3) is 1.66. The van der Waals surface area contributed by atoms with Gasteiger partial charge in [-0.25, -0.2) is 9.97 Å². The van der Waals surface area contributed by atoms with Gasteiger partial charge in [-0.3, -0.25) is 0 Å². The molecule has 5 heteroatoms. The van der Waals surface area contributed by atoms with Crippen molar-refractivity contribution < 1.29 is 0 Å². The molecular formula is C11H15ClN4. The van der Waals surface area contributed by atoms with E-state index in [2.05, 4.69) is 26.8 Å². The Kier molecular flexibility index (Phi) is 2.48. The zero-order valence-electron chi connectivity index (χ0n) is 9.30. The third-order valence-electron chi connectivity index (χ3n) is 3.50. The highest BCUT2D eigenvalue weighted by molar-refractivity contribution is 6.29. The van der Waals surface area contributed by atoms with Crippen LogP contribution in [0.3, 0.4) is 0 Å². The van der Waals surface area contributed by atoms with Crippen molar-refractivity contribution >= 4 is 17.5 Å². The molecule has 2 aliphatic rings. The fourth-order valence-electron chi connectivity index (χ4n) is 2.89. The molecule has 3 heterocycles. The van der Waals surface area contributed by atoms with Crippen molar-refractivity contribution in [1.82, 2.24) is 14.9 Å².